The number of rotatable bonds is 7. The number of ether oxygens (including phenoxy) is 1. The van der Waals surface area contributed by atoms with E-state index in [0.717, 1.165) is 0 Å². The summed E-state index contributed by atoms with van der Waals surface area (Å²) in [6, 6.07) is 5.01. The Hall–Kier alpha value is -1.30. The molecule has 7 heteroatoms. The second-order valence-corrected chi connectivity index (χ2v) is 5.71. The van der Waals surface area contributed by atoms with Crippen LogP contribution in [-0.2, 0) is 14.3 Å². The van der Waals surface area contributed by atoms with Gasteiger partial charge in [-0.15, -0.1) is 0 Å². The SMILES string of the molecule is CCN(CC(=O)Nc1c(Cl)cccc1Cl)CC(C)C(=O)OC. The Balaban J connectivity index is 2.64. The van der Waals surface area contributed by atoms with Gasteiger partial charge in [-0.1, -0.05) is 43.1 Å². The van der Waals surface area contributed by atoms with Crippen molar-refractivity contribution in [3.05, 3.63) is 28.2 Å². The van der Waals surface area contributed by atoms with Crippen LogP contribution >= 0.6 is 23.2 Å². The minimum atomic E-state index is -0.304. The van der Waals surface area contributed by atoms with Gasteiger partial charge in [0, 0.05) is 6.54 Å². The van der Waals surface area contributed by atoms with E-state index in [1.54, 1.807) is 25.1 Å². The molecule has 0 aliphatic rings. The summed E-state index contributed by atoms with van der Waals surface area (Å²) in [5.74, 6) is -0.844. The number of nitrogens with one attached hydrogen (secondary N) is 1. The molecule has 0 spiro atoms. The van der Waals surface area contributed by atoms with E-state index < -0.39 is 0 Å². The molecule has 0 radical (unpaired) electrons. The fourth-order valence-corrected chi connectivity index (χ4v) is 2.46. The number of nitrogens with zero attached hydrogens (tertiary/aromatic N) is 1. The maximum atomic E-state index is 12.1. The highest BCUT2D eigenvalue weighted by atomic mass is 35.5. The van der Waals surface area contributed by atoms with Crippen LogP contribution in [0.4, 0.5) is 5.69 Å². The molecular weight excluding hydrogens is 327 g/mol. The summed E-state index contributed by atoms with van der Waals surface area (Å²) in [6.45, 7) is 4.88. The van der Waals surface area contributed by atoms with Crippen molar-refractivity contribution >= 4 is 40.8 Å². The van der Waals surface area contributed by atoms with Gasteiger partial charge >= 0.3 is 5.97 Å². The highest BCUT2D eigenvalue weighted by molar-refractivity contribution is 6.39. The highest BCUT2D eigenvalue weighted by Gasteiger charge is 2.19. The Kier molecular flexibility index (Phi) is 7.65. The average Bonchev–Trinajstić information content (AvgIpc) is 2.49. The van der Waals surface area contributed by atoms with Gasteiger partial charge in [-0.3, -0.25) is 14.5 Å². The van der Waals surface area contributed by atoms with Crippen molar-refractivity contribution in [1.29, 1.82) is 0 Å². The number of methoxy groups -OCH3 is 1. The number of benzene rings is 1. The second kappa shape index (κ2) is 8.98. The first-order chi connectivity index (χ1) is 10.4. The molecule has 1 aromatic rings. The molecule has 1 amide bonds. The first-order valence-corrected chi connectivity index (χ1v) is 7.68. The number of likely N-dealkylation sites (N-methyl/N-ethyl adjacent to an activating group) is 1. The van der Waals surface area contributed by atoms with Crippen molar-refractivity contribution in [2.24, 2.45) is 5.92 Å². The summed E-state index contributed by atoms with van der Waals surface area (Å²) < 4.78 is 4.69. The van der Waals surface area contributed by atoms with Gasteiger partial charge in [0.2, 0.25) is 5.91 Å². The van der Waals surface area contributed by atoms with Crippen LogP contribution in [0.15, 0.2) is 18.2 Å². The lowest BCUT2D eigenvalue weighted by atomic mass is 10.1. The smallest absolute Gasteiger partial charge is 0.309 e. The molecule has 0 aromatic heterocycles. The minimum absolute atomic E-state index is 0.138. The maximum absolute atomic E-state index is 12.1. The summed E-state index contributed by atoms with van der Waals surface area (Å²) in [7, 11) is 1.35. The molecule has 122 valence electrons. The number of hydrogen-bond donors (Lipinski definition) is 1. The molecule has 22 heavy (non-hydrogen) atoms. The molecule has 1 unspecified atom stereocenters. The number of anilines is 1. The number of esters is 1. The molecule has 0 saturated carbocycles. The van der Waals surface area contributed by atoms with Crippen LogP contribution in [0, 0.1) is 5.92 Å². The number of para-hydroxylation sites is 1. The summed E-state index contributed by atoms with van der Waals surface area (Å²) in [5, 5.41) is 3.46. The lowest BCUT2D eigenvalue weighted by molar-refractivity contribution is -0.145. The molecule has 1 N–H and O–H groups in total. The molecule has 0 heterocycles. The largest absolute Gasteiger partial charge is 0.469 e. The van der Waals surface area contributed by atoms with Crippen LogP contribution in [0.1, 0.15) is 13.8 Å². The quantitative estimate of drug-likeness (QED) is 0.770. The van der Waals surface area contributed by atoms with Crippen LogP contribution < -0.4 is 5.32 Å². The van der Waals surface area contributed by atoms with E-state index >= 15 is 0 Å². The van der Waals surface area contributed by atoms with Crippen molar-refractivity contribution in [3.8, 4) is 0 Å². The molecule has 1 atom stereocenters. The van der Waals surface area contributed by atoms with Gasteiger partial charge in [0.25, 0.3) is 0 Å². The lowest BCUT2D eigenvalue weighted by Gasteiger charge is -2.22. The van der Waals surface area contributed by atoms with Gasteiger partial charge in [0.05, 0.1) is 35.3 Å². The van der Waals surface area contributed by atoms with Crippen LogP contribution in [0.25, 0.3) is 0 Å². The van der Waals surface area contributed by atoms with Gasteiger partial charge < -0.3 is 10.1 Å². The monoisotopic (exact) mass is 346 g/mol. The van der Waals surface area contributed by atoms with E-state index in [9.17, 15) is 9.59 Å². The Bertz CT molecular complexity index is 517. The van der Waals surface area contributed by atoms with Gasteiger partial charge in [-0.2, -0.15) is 0 Å². The molecule has 1 rings (SSSR count). The highest BCUT2D eigenvalue weighted by Crippen LogP contribution is 2.29. The van der Waals surface area contributed by atoms with Crippen LogP contribution in [0.3, 0.4) is 0 Å². The number of carbonyl (C=O) groups is 2. The van der Waals surface area contributed by atoms with Crippen LogP contribution in [-0.4, -0.2) is 43.5 Å². The Morgan fingerprint density at radius 1 is 1.32 bits per heavy atom. The summed E-state index contributed by atoms with van der Waals surface area (Å²) >= 11 is 12.0. The summed E-state index contributed by atoms with van der Waals surface area (Å²) in [4.78, 5) is 25.4. The lowest BCUT2D eigenvalue weighted by Crippen LogP contribution is -2.38. The first-order valence-electron chi connectivity index (χ1n) is 6.93. The third-order valence-corrected chi connectivity index (χ3v) is 3.81. The molecular formula is C15H20Cl2N2O3. The van der Waals surface area contributed by atoms with Crippen molar-refractivity contribution in [1.82, 2.24) is 4.90 Å². The minimum Gasteiger partial charge on any atom is -0.469 e. The van der Waals surface area contributed by atoms with Crippen molar-refractivity contribution in [2.75, 3.05) is 32.1 Å². The number of halogens is 2. The standard InChI is InChI=1S/C15H20Cl2N2O3/c1-4-19(8-10(2)15(21)22-3)9-13(20)18-14-11(16)6-5-7-12(14)17/h5-7,10H,4,8-9H2,1-3H3,(H,18,20). The molecule has 0 bridgehead atoms. The predicted octanol–water partition coefficient (Wildman–Crippen LogP) is 3.06. The van der Waals surface area contributed by atoms with E-state index in [0.29, 0.717) is 28.8 Å². The van der Waals surface area contributed by atoms with Crippen LogP contribution in [0.5, 0.6) is 0 Å². The van der Waals surface area contributed by atoms with Gasteiger partial charge in [0.1, 0.15) is 0 Å². The van der Waals surface area contributed by atoms with Crippen molar-refractivity contribution < 1.29 is 14.3 Å². The molecule has 0 saturated heterocycles. The van der Waals surface area contributed by atoms with E-state index in [2.05, 4.69) is 10.1 Å². The van der Waals surface area contributed by atoms with Gasteiger partial charge in [-0.05, 0) is 18.7 Å². The second-order valence-electron chi connectivity index (χ2n) is 4.90. The zero-order valence-corrected chi connectivity index (χ0v) is 14.4. The predicted molar refractivity (Wildman–Crippen MR) is 88.4 cm³/mol. The Morgan fingerprint density at radius 2 is 1.91 bits per heavy atom. The zero-order chi connectivity index (χ0) is 16.7. The van der Waals surface area contributed by atoms with E-state index in [-0.39, 0.29) is 24.3 Å². The molecule has 5 nitrogen and oxygen atoms in total. The Morgan fingerprint density at radius 3 is 2.41 bits per heavy atom. The normalized spacial score (nSPS) is 12.1. The third-order valence-electron chi connectivity index (χ3n) is 3.18. The number of amides is 1. The molecule has 0 fully saturated rings. The van der Waals surface area contributed by atoms with E-state index in [4.69, 9.17) is 23.2 Å². The maximum Gasteiger partial charge on any atom is 0.309 e. The zero-order valence-electron chi connectivity index (χ0n) is 12.9. The molecule has 0 aliphatic carbocycles. The van der Waals surface area contributed by atoms with Gasteiger partial charge in [-0.25, -0.2) is 0 Å². The molecule has 1 aromatic carbocycles. The fourth-order valence-electron chi connectivity index (χ4n) is 1.97. The van der Waals surface area contributed by atoms with Gasteiger partial charge in [0.15, 0.2) is 0 Å². The first kappa shape index (κ1) is 18.7. The van der Waals surface area contributed by atoms with Crippen molar-refractivity contribution in [3.63, 3.8) is 0 Å². The number of hydrogen-bond acceptors (Lipinski definition) is 4. The Labute approximate surface area is 140 Å². The third kappa shape index (κ3) is 5.48. The van der Waals surface area contributed by atoms with Crippen molar-refractivity contribution in [2.45, 2.75) is 13.8 Å². The summed E-state index contributed by atoms with van der Waals surface area (Å²) in [6.07, 6.45) is 0. The van der Waals surface area contributed by atoms with E-state index in [1.807, 2.05) is 11.8 Å². The van der Waals surface area contributed by atoms with Crippen LogP contribution in [0.2, 0.25) is 10.0 Å². The topological polar surface area (TPSA) is 58.6 Å². The number of carbonyl (C=O) groups excluding carboxylic acids is 2. The summed E-state index contributed by atoms with van der Waals surface area (Å²) in [5.41, 5.74) is 0.396. The average molecular weight is 347 g/mol. The molecule has 0 aliphatic heterocycles. The fraction of sp³-hybridized carbons (Fsp3) is 0.467. The van der Waals surface area contributed by atoms with E-state index in [1.165, 1.54) is 7.11 Å².